The van der Waals surface area contributed by atoms with Gasteiger partial charge in [0.25, 0.3) is 0 Å². The molecule has 1 aliphatic heterocycles. The molecule has 0 bridgehead atoms. The van der Waals surface area contributed by atoms with Gasteiger partial charge in [0.1, 0.15) is 5.60 Å². The zero-order chi connectivity index (χ0) is 13.9. The molecule has 1 saturated heterocycles. The Morgan fingerprint density at radius 1 is 1.21 bits per heavy atom. The second-order valence-electron chi connectivity index (χ2n) is 7.04. The number of carbonyl (C=O) groups excluding carboxylic acids is 1. The Balaban J connectivity index is 1.88. The van der Waals surface area contributed by atoms with Crippen LogP contribution in [0.25, 0.3) is 0 Å². The standard InChI is InChI=1S/C15H28N2O2/c1-15(2,3)19-14(18)17(10-12-6-7-12)11-13-5-4-8-16-9-13/h12-13,16H,4-11H2,1-3H3/t13-/m0/s1. The van der Waals surface area contributed by atoms with Crippen molar-refractivity contribution in [1.82, 2.24) is 10.2 Å². The molecular formula is C15H28N2O2. The van der Waals surface area contributed by atoms with Crippen molar-refractivity contribution < 1.29 is 9.53 Å². The molecule has 1 amide bonds. The summed E-state index contributed by atoms with van der Waals surface area (Å²) in [6, 6.07) is 0. The molecule has 0 aromatic carbocycles. The van der Waals surface area contributed by atoms with Gasteiger partial charge in [0, 0.05) is 13.1 Å². The number of amides is 1. The minimum absolute atomic E-state index is 0.134. The summed E-state index contributed by atoms with van der Waals surface area (Å²) in [5, 5.41) is 3.42. The zero-order valence-electron chi connectivity index (χ0n) is 12.6. The number of nitrogens with zero attached hydrogens (tertiary/aromatic N) is 1. The molecule has 1 atom stereocenters. The van der Waals surface area contributed by atoms with E-state index in [0.717, 1.165) is 26.2 Å². The van der Waals surface area contributed by atoms with Gasteiger partial charge in [-0.3, -0.25) is 0 Å². The Morgan fingerprint density at radius 3 is 2.42 bits per heavy atom. The maximum Gasteiger partial charge on any atom is 0.410 e. The number of nitrogens with one attached hydrogen (secondary N) is 1. The van der Waals surface area contributed by atoms with Gasteiger partial charge in [-0.15, -0.1) is 0 Å². The minimum atomic E-state index is -0.399. The number of hydrogen-bond donors (Lipinski definition) is 1. The normalized spacial score (nSPS) is 24.1. The first-order valence-electron chi connectivity index (χ1n) is 7.63. The van der Waals surface area contributed by atoms with E-state index in [9.17, 15) is 4.79 Å². The van der Waals surface area contributed by atoms with E-state index in [-0.39, 0.29) is 6.09 Å². The largest absolute Gasteiger partial charge is 0.444 e. The first kappa shape index (κ1) is 14.6. The van der Waals surface area contributed by atoms with Gasteiger partial charge in [-0.1, -0.05) is 0 Å². The van der Waals surface area contributed by atoms with Crippen LogP contribution in [-0.2, 0) is 4.74 Å². The van der Waals surface area contributed by atoms with E-state index >= 15 is 0 Å². The summed E-state index contributed by atoms with van der Waals surface area (Å²) in [6.45, 7) is 9.67. The molecule has 0 aromatic rings. The molecule has 0 aromatic heterocycles. The Kier molecular flexibility index (Phi) is 4.71. The van der Waals surface area contributed by atoms with Crippen LogP contribution in [0.5, 0.6) is 0 Å². The third-order valence-electron chi connectivity index (χ3n) is 3.70. The Bertz CT molecular complexity index is 302. The van der Waals surface area contributed by atoms with Crippen LogP contribution in [-0.4, -0.2) is 42.8 Å². The molecule has 2 aliphatic rings. The molecule has 1 N–H and O–H groups in total. The molecule has 0 unspecified atom stereocenters. The lowest BCUT2D eigenvalue weighted by Gasteiger charge is -2.32. The Hall–Kier alpha value is -0.770. The number of rotatable bonds is 4. The fourth-order valence-corrected chi connectivity index (χ4v) is 2.55. The molecule has 0 spiro atoms. The minimum Gasteiger partial charge on any atom is -0.444 e. The lowest BCUT2D eigenvalue weighted by atomic mass is 9.99. The number of ether oxygens (including phenoxy) is 1. The maximum atomic E-state index is 12.3. The van der Waals surface area contributed by atoms with Gasteiger partial charge in [-0.25, -0.2) is 4.79 Å². The van der Waals surface area contributed by atoms with Crippen molar-refractivity contribution in [2.75, 3.05) is 26.2 Å². The summed E-state index contributed by atoms with van der Waals surface area (Å²) in [4.78, 5) is 14.2. The topological polar surface area (TPSA) is 41.6 Å². The van der Waals surface area contributed by atoms with Gasteiger partial charge in [0.15, 0.2) is 0 Å². The smallest absolute Gasteiger partial charge is 0.410 e. The van der Waals surface area contributed by atoms with Gasteiger partial charge < -0.3 is 15.0 Å². The molecule has 2 rings (SSSR count). The van der Waals surface area contributed by atoms with Crippen molar-refractivity contribution in [3.63, 3.8) is 0 Å². The summed E-state index contributed by atoms with van der Waals surface area (Å²) < 4.78 is 5.54. The summed E-state index contributed by atoms with van der Waals surface area (Å²) in [5.74, 6) is 1.30. The molecular weight excluding hydrogens is 240 g/mol. The fourth-order valence-electron chi connectivity index (χ4n) is 2.55. The van der Waals surface area contributed by atoms with Crippen molar-refractivity contribution >= 4 is 6.09 Å². The zero-order valence-corrected chi connectivity index (χ0v) is 12.6. The predicted octanol–water partition coefficient (Wildman–Crippen LogP) is 2.63. The van der Waals surface area contributed by atoms with Crippen LogP contribution < -0.4 is 5.32 Å². The molecule has 4 nitrogen and oxygen atoms in total. The highest BCUT2D eigenvalue weighted by molar-refractivity contribution is 5.68. The van der Waals surface area contributed by atoms with Crippen molar-refractivity contribution in [1.29, 1.82) is 0 Å². The second-order valence-corrected chi connectivity index (χ2v) is 7.04. The van der Waals surface area contributed by atoms with Crippen molar-refractivity contribution in [2.24, 2.45) is 11.8 Å². The van der Waals surface area contributed by atoms with E-state index in [2.05, 4.69) is 5.32 Å². The second kappa shape index (κ2) is 6.12. The van der Waals surface area contributed by atoms with Gasteiger partial charge in [0.2, 0.25) is 0 Å². The first-order valence-corrected chi connectivity index (χ1v) is 7.63. The van der Waals surface area contributed by atoms with Crippen LogP contribution in [0.2, 0.25) is 0 Å². The van der Waals surface area contributed by atoms with E-state index in [1.165, 1.54) is 25.7 Å². The van der Waals surface area contributed by atoms with E-state index < -0.39 is 5.60 Å². The molecule has 2 fully saturated rings. The lowest BCUT2D eigenvalue weighted by molar-refractivity contribution is 0.0203. The third kappa shape index (κ3) is 5.39. The quantitative estimate of drug-likeness (QED) is 0.852. The number of carbonyl (C=O) groups is 1. The fraction of sp³-hybridized carbons (Fsp3) is 0.933. The summed E-state index contributed by atoms with van der Waals surface area (Å²) in [7, 11) is 0. The van der Waals surface area contributed by atoms with Gasteiger partial charge in [-0.2, -0.15) is 0 Å². The van der Waals surface area contributed by atoms with Crippen LogP contribution in [0, 0.1) is 11.8 Å². The van der Waals surface area contributed by atoms with Gasteiger partial charge >= 0.3 is 6.09 Å². The van der Waals surface area contributed by atoms with Crippen LogP contribution >= 0.6 is 0 Å². The summed E-state index contributed by atoms with van der Waals surface area (Å²) in [5.41, 5.74) is -0.399. The summed E-state index contributed by atoms with van der Waals surface area (Å²) in [6.07, 6.45) is 4.84. The van der Waals surface area contributed by atoms with Gasteiger partial charge in [0.05, 0.1) is 0 Å². The predicted molar refractivity (Wildman–Crippen MR) is 76.1 cm³/mol. The van der Waals surface area contributed by atoms with Crippen LogP contribution in [0.15, 0.2) is 0 Å². The molecule has 4 heteroatoms. The van der Waals surface area contributed by atoms with E-state index in [1.807, 2.05) is 25.7 Å². The highest BCUT2D eigenvalue weighted by Gasteiger charge is 2.31. The Labute approximate surface area is 116 Å². The number of piperidine rings is 1. The average Bonchev–Trinajstić information content (AvgIpc) is 3.11. The molecule has 110 valence electrons. The monoisotopic (exact) mass is 268 g/mol. The molecule has 1 heterocycles. The van der Waals surface area contributed by atoms with Crippen LogP contribution in [0.1, 0.15) is 46.5 Å². The SMILES string of the molecule is CC(C)(C)OC(=O)N(CC1CC1)C[C@H]1CCCNC1. The van der Waals surface area contributed by atoms with Crippen molar-refractivity contribution in [3.05, 3.63) is 0 Å². The van der Waals surface area contributed by atoms with E-state index in [4.69, 9.17) is 4.74 Å². The average molecular weight is 268 g/mol. The molecule has 0 radical (unpaired) electrons. The van der Waals surface area contributed by atoms with Crippen LogP contribution in [0.3, 0.4) is 0 Å². The summed E-state index contributed by atoms with van der Waals surface area (Å²) >= 11 is 0. The highest BCUT2D eigenvalue weighted by Crippen LogP contribution is 2.30. The van der Waals surface area contributed by atoms with Crippen molar-refractivity contribution in [3.8, 4) is 0 Å². The maximum absolute atomic E-state index is 12.3. The van der Waals surface area contributed by atoms with E-state index in [0.29, 0.717) is 11.8 Å². The number of hydrogen-bond acceptors (Lipinski definition) is 3. The molecule has 1 aliphatic carbocycles. The highest BCUT2D eigenvalue weighted by atomic mass is 16.6. The van der Waals surface area contributed by atoms with Crippen molar-refractivity contribution in [2.45, 2.75) is 52.1 Å². The first-order chi connectivity index (χ1) is 8.94. The van der Waals surface area contributed by atoms with Crippen LogP contribution in [0.4, 0.5) is 4.79 Å². The lowest BCUT2D eigenvalue weighted by Crippen LogP contribution is -2.44. The Morgan fingerprint density at radius 2 is 1.89 bits per heavy atom. The van der Waals surface area contributed by atoms with Gasteiger partial charge in [-0.05, 0) is 71.4 Å². The third-order valence-corrected chi connectivity index (χ3v) is 3.70. The molecule has 1 saturated carbocycles. The van der Waals surface area contributed by atoms with E-state index in [1.54, 1.807) is 0 Å². The molecule has 19 heavy (non-hydrogen) atoms.